The number of carbonyl (C=O) groups is 1. The van der Waals surface area contributed by atoms with Gasteiger partial charge in [-0.2, -0.15) is 0 Å². The zero-order valence-corrected chi connectivity index (χ0v) is 11.6. The number of rotatable bonds is 2. The topological polar surface area (TPSA) is 62.7 Å². The average molecular weight is 282 g/mol. The van der Waals surface area contributed by atoms with Crippen molar-refractivity contribution in [1.29, 1.82) is 0 Å². The van der Waals surface area contributed by atoms with Crippen LogP contribution in [-0.4, -0.2) is 24.7 Å². The van der Waals surface area contributed by atoms with E-state index in [4.69, 9.17) is 16.3 Å². The molecule has 0 aliphatic carbocycles. The van der Waals surface area contributed by atoms with E-state index in [0.717, 1.165) is 5.56 Å². The maximum Gasteiger partial charge on any atom is 0.414 e. The van der Waals surface area contributed by atoms with Gasteiger partial charge in [0.15, 0.2) is 0 Å². The summed E-state index contributed by atoms with van der Waals surface area (Å²) in [5.41, 5.74) is 1.03. The van der Waals surface area contributed by atoms with E-state index in [1.54, 1.807) is 13.8 Å². The van der Waals surface area contributed by atoms with E-state index in [9.17, 15) is 4.79 Å². The van der Waals surface area contributed by atoms with E-state index in [2.05, 4.69) is 15.6 Å². The van der Waals surface area contributed by atoms with Crippen molar-refractivity contribution in [2.75, 3.05) is 6.54 Å². The fraction of sp³-hybridized carbons (Fsp3) is 0.385. The molecule has 0 aromatic heterocycles. The summed E-state index contributed by atoms with van der Waals surface area (Å²) in [6, 6.07) is 7.57. The van der Waals surface area contributed by atoms with Gasteiger partial charge in [0.2, 0.25) is 5.96 Å². The highest BCUT2D eigenvalue weighted by molar-refractivity contribution is 6.30. The number of hydrogen-bond acceptors (Lipinski definition) is 4. The third-order valence-corrected chi connectivity index (χ3v) is 2.79. The molecule has 19 heavy (non-hydrogen) atoms. The van der Waals surface area contributed by atoms with Gasteiger partial charge in [0.1, 0.15) is 0 Å². The molecular weight excluding hydrogens is 266 g/mol. The summed E-state index contributed by atoms with van der Waals surface area (Å²) in [5.74, 6) is 0.427. The molecule has 1 heterocycles. The molecule has 5 nitrogen and oxygen atoms in total. The molecule has 1 aromatic rings. The van der Waals surface area contributed by atoms with Crippen LogP contribution in [0.4, 0.5) is 4.79 Å². The van der Waals surface area contributed by atoms with Crippen molar-refractivity contribution >= 4 is 23.7 Å². The summed E-state index contributed by atoms with van der Waals surface area (Å²) in [6.45, 7) is 4.13. The van der Waals surface area contributed by atoms with Crippen LogP contribution in [0.5, 0.6) is 0 Å². The van der Waals surface area contributed by atoms with E-state index in [-0.39, 0.29) is 12.1 Å². The molecule has 102 valence electrons. The number of guanidine groups is 1. The zero-order valence-electron chi connectivity index (χ0n) is 10.8. The number of benzene rings is 1. The Morgan fingerprint density at radius 3 is 3.05 bits per heavy atom. The molecule has 0 fully saturated rings. The Bertz CT molecular complexity index is 502. The summed E-state index contributed by atoms with van der Waals surface area (Å²) < 4.78 is 4.98. The van der Waals surface area contributed by atoms with Crippen molar-refractivity contribution in [2.24, 2.45) is 4.99 Å². The standard InChI is InChI=1S/C13H16ClN3O2/c1-8(2)19-13(18)17-12-15-7-11(16-12)9-4-3-5-10(14)6-9/h3-6,8,11H,7H2,1-2H3,(H2,15,16,17,18). The van der Waals surface area contributed by atoms with Crippen LogP contribution in [0.2, 0.25) is 5.02 Å². The van der Waals surface area contributed by atoms with Gasteiger partial charge in [0, 0.05) is 5.02 Å². The second-order valence-corrected chi connectivity index (χ2v) is 4.96. The van der Waals surface area contributed by atoms with E-state index in [1.807, 2.05) is 24.3 Å². The quantitative estimate of drug-likeness (QED) is 0.875. The monoisotopic (exact) mass is 281 g/mol. The lowest BCUT2D eigenvalue weighted by Crippen LogP contribution is -2.40. The number of carbonyl (C=O) groups excluding carboxylic acids is 1. The molecule has 0 saturated heterocycles. The Labute approximate surface area is 117 Å². The molecule has 1 amide bonds. The number of ether oxygens (including phenoxy) is 1. The fourth-order valence-electron chi connectivity index (χ4n) is 1.77. The van der Waals surface area contributed by atoms with Gasteiger partial charge in [-0.1, -0.05) is 23.7 Å². The lowest BCUT2D eigenvalue weighted by molar-refractivity contribution is 0.120. The number of amides is 1. The molecule has 2 rings (SSSR count). The van der Waals surface area contributed by atoms with E-state index < -0.39 is 6.09 Å². The largest absolute Gasteiger partial charge is 0.447 e. The van der Waals surface area contributed by atoms with E-state index in [0.29, 0.717) is 17.5 Å². The van der Waals surface area contributed by atoms with Gasteiger partial charge in [0.05, 0.1) is 18.7 Å². The summed E-state index contributed by atoms with van der Waals surface area (Å²) in [5, 5.41) is 6.37. The predicted octanol–water partition coefficient (Wildman–Crippen LogP) is 2.47. The molecule has 6 heteroatoms. The van der Waals surface area contributed by atoms with Gasteiger partial charge in [-0.15, -0.1) is 0 Å². The van der Waals surface area contributed by atoms with Crippen LogP contribution >= 0.6 is 11.6 Å². The lowest BCUT2D eigenvalue weighted by atomic mass is 10.1. The third kappa shape index (κ3) is 3.86. The van der Waals surface area contributed by atoms with Crippen molar-refractivity contribution in [3.63, 3.8) is 0 Å². The molecule has 0 bridgehead atoms. The van der Waals surface area contributed by atoms with Gasteiger partial charge in [-0.05, 0) is 31.5 Å². The summed E-state index contributed by atoms with van der Waals surface area (Å²) in [4.78, 5) is 15.7. The Balaban J connectivity index is 1.90. The van der Waals surface area contributed by atoms with Crippen molar-refractivity contribution in [3.8, 4) is 0 Å². The highest BCUT2D eigenvalue weighted by Crippen LogP contribution is 2.20. The molecule has 1 unspecified atom stereocenters. The van der Waals surface area contributed by atoms with Gasteiger partial charge < -0.3 is 10.1 Å². The summed E-state index contributed by atoms with van der Waals surface area (Å²) in [7, 11) is 0. The Hall–Kier alpha value is -1.75. The van der Waals surface area contributed by atoms with Gasteiger partial charge >= 0.3 is 6.09 Å². The fourth-order valence-corrected chi connectivity index (χ4v) is 1.97. The minimum Gasteiger partial charge on any atom is -0.447 e. The highest BCUT2D eigenvalue weighted by Gasteiger charge is 2.21. The van der Waals surface area contributed by atoms with E-state index >= 15 is 0 Å². The average Bonchev–Trinajstić information content (AvgIpc) is 2.76. The van der Waals surface area contributed by atoms with Crippen molar-refractivity contribution in [1.82, 2.24) is 10.6 Å². The van der Waals surface area contributed by atoms with Gasteiger partial charge in [0.25, 0.3) is 0 Å². The highest BCUT2D eigenvalue weighted by atomic mass is 35.5. The summed E-state index contributed by atoms with van der Waals surface area (Å²) in [6.07, 6.45) is -0.668. The Morgan fingerprint density at radius 1 is 1.58 bits per heavy atom. The number of nitrogens with zero attached hydrogens (tertiary/aromatic N) is 1. The maximum atomic E-state index is 11.4. The second kappa shape index (κ2) is 5.93. The number of aliphatic imine (C=N–C) groups is 1. The predicted molar refractivity (Wildman–Crippen MR) is 74.4 cm³/mol. The van der Waals surface area contributed by atoms with Crippen LogP contribution in [-0.2, 0) is 4.74 Å². The molecule has 1 aromatic carbocycles. The number of hydrogen-bond donors (Lipinski definition) is 2. The smallest absolute Gasteiger partial charge is 0.414 e. The number of nitrogens with one attached hydrogen (secondary N) is 2. The first-order valence-electron chi connectivity index (χ1n) is 6.08. The number of halogens is 1. The van der Waals surface area contributed by atoms with Crippen LogP contribution in [0.25, 0.3) is 0 Å². The third-order valence-electron chi connectivity index (χ3n) is 2.56. The van der Waals surface area contributed by atoms with Crippen LogP contribution in [0.3, 0.4) is 0 Å². The Morgan fingerprint density at radius 2 is 2.37 bits per heavy atom. The maximum absolute atomic E-state index is 11.4. The first kappa shape index (κ1) is 13.7. The first-order chi connectivity index (χ1) is 9.04. The van der Waals surface area contributed by atoms with Gasteiger partial charge in [-0.25, -0.2) is 4.79 Å². The van der Waals surface area contributed by atoms with Crippen LogP contribution < -0.4 is 10.6 Å². The summed E-state index contributed by atoms with van der Waals surface area (Å²) >= 11 is 5.95. The van der Waals surface area contributed by atoms with Crippen LogP contribution in [0, 0.1) is 0 Å². The lowest BCUT2D eigenvalue weighted by Gasteiger charge is -2.13. The molecule has 1 aliphatic heterocycles. The van der Waals surface area contributed by atoms with Crippen molar-refractivity contribution in [2.45, 2.75) is 26.0 Å². The molecule has 1 aliphatic rings. The van der Waals surface area contributed by atoms with Crippen LogP contribution in [0.1, 0.15) is 25.5 Å². The van der Waals surface area contributed by atoms with Crippen LogP contribution in [0.15, 0.2) is 29.3 Å². The zero-order chi connectivity index (χ0) is 13.8. The number of alkyl carbamates (subject to hydrolysis) is 1. The molecule has 0 spiro atoms. The second-order valence-electron chi connectivity index (χ2n) is 4.52. The molecule has 2 N–H and O–H groups in total. The SMILES string of the molecule is CC(C)OC(=O)NC1=NCC(c2cccc(Cl)c2)N1. The normalized spacial score (nSPS) is 17.9. The minimum atomic E-state index is -0.506. The molecular formula is C13H16ClN3O2. The minimum absolute atomic E-state index is 0.0213. The van der Waals surface area contributed by atoms with E-state index in [1.165, 1.54) is 0 Å². The Kier molecular flexibility index (Phi) is 4.27. The van der Waals surface area contributed by atoms with Crippen molar-refractivity contribution < 1.29 is 9.53 Å². The first-order valence-corrected chi connectivity index (χ1v) is 6.46. The van der Waals surface area contributed by atoms with Gasteiger partial charge in [-0.3, -0.25) is 10.3 Å². The molecule has 1 atom stereocenters. The molecule has 0 radical (unpaired) electrons. The molecule has 0 saturated carbocycles. The van der Waals surface area contributed by atoms with Crippen molar-refractivity contribution in [3.05, 3.63) is 34.9 Å².